The highest BCUT2D eigenvalue weighted by Gasteiger charge is 2.00. The van der Waals surface area contributed by atoms with Crippen LogP contribution in [0, 0.1) is 0 Å². The number of hydrogen-bond donors (Lipinski definition) is 2. The molecular formula is C16H27N3O. The first-order valence-corrected chi connectivity index (χ1v) is 7.34. The van der Waals surface area contributed by atoms with Crippen LogP contribution in [-0.2, 0) is 11.2 Å². The van der Waals surface area contributed by atoms with Gasteiger partial charge in [-0.3, -0.25) is 4.79 Å². The van der Waals surface area contributed by atoms with Gasteiger partial charge < -0.3 is 15.5 Å². The lowest BCUT2D eigenvalue weighted by molar-refractivity contribution is -0.120. The molecule has 0 unspecified atom stereocenters. The van der Waals surface area contributed by atoms with E-state index < -0.39 is 0 Å². The van der Waals surface area contributed by atoms with Crippen molar-refractivity contribution in [3.05, 3.63) is 35.9 Å². The van der Waals surface area contributed by atoms with Gasteiger partial charge in [0.2, 0.25) is 5.91 Å². The molecule has 0 heterocycles. The molecule has 0 bridgehead atoms. The molecule has 1 aromatic carbocycles. The van der Waals surface area contributed by atoms with Gasteiger partial charge in [-0.05, 0) is 52.0 Å². The van der Waals surface area contributed by atoms with E-state index >= 15 is 0 Å². The molecule has 1 amide bonds. The predicted octanol–water partition coefficient (Wildman–Crippen LogP) is 1.28. The zero-order valence-corrected chi connectivity index (χ0v) is 12.7. The van der Waals surface area contributed by atoms with Crippen molar-refractivity contribution in [2.24, 2.45) is 0 Å². The van der Waals surface area contributed by atoms with Gasteiger partial charge in [-0.25, -0.2) is 0 Å². The molecule has 0 aliphatic rings. The van der Waals surface area contributed by atoms with E-state index in [-0.39, 0.29) is 5.91 Å². The third kappa shape index (κ3) is 8.67. The third-order valence-corrected chi connectivity index (χ3v) is 3.05. The maximum atomic E-state index is 11.5. The summed E-state index contributed by atoms with van der Waals surface area (Å²) in [6.07, 6.45) is 3.10. The van der Waals surface area contributed by atoms with Crippen LogP contribution in [0.25, 0.3) is 0 Å². The quantitative estimate of drug-likeness (QED) is 0.633. The number of hydrogen-bond acceptors (Lipinski definition) is 3. The van der Waals surface area contributed by atoms with Crippen LogP contribution >= 0.6 is 0 Å². The first-order valence-electron chi connectivity index (χ1n) is 7.34. The number of rotatable bonds is 10. The molecule has 0 fully saturated rings. The zero-order valence-electron chi connectivity index (χ0n) is 12.7. The molecule has 0 spiro atoms. The number of amides is 1. The lowest BCUT2D eigenvalue weighted by atomic mass is 10.1. The zero-order chi connectivity index (χ0) is 14.6. The minimum Gasteiger partial charge on any atom is -0.355 e. The lowest BCUT2D eigenvalue weighted by Gasteiger charge is -2.10. The summed E-state index contributed by atoms with van der Waals surface area (Å²) in [5.41, 5.74) is 1.35. The Hall–Kier alpha value is -1.39. The summed E-state index contributed by atoms with van der Waals surface area (Å²) in [5.74, 6) is 0.0865. The fourth-order valence-electron chi connectivity index (χ4n) is 1.95. The van der Waals surface area contributed by atoms with Crippen LogP contribution in [-0.4, -0.2) is 51.1 Å². The van der Waals surface area contributed by atoms with Crippen molar-refractivity contribution in [3.8, 4) is 0 Å². The fourth-order valence-corrected chi connectivity index (χ4v) is 1.95. The van der Waals surface area contributed by atoms with Crippen molar-refractivity contribution in [1.82, 2.24) is 15.5 Å². The molecule has 4 heteroatoms. The highest BCUT2D eigenvalue weighted by atomic mass is 16.1. The van der Waals surface area contributed by atoms with Crippen molar-refractivity contribution in [1.29, 1.82) is 0 Å². The summed E-state index contributed by atoms with van der Waals surface area (Å²) < 4.78 is 0. The summed E-state index contributed by atoms with van der Waals surface area (Å²) in [4.78, 5) is 13.7. The molecule has 0 aliphatic heterocycles. The van der Waals surface area contributed by atoms with Gasteiger partial charge in [0.15, 0.2) is 0 Å². The monoisotopic (exact) mass is 277 g/mol. The maximum absolute atomic E-state index is 11.5. The molecule has 0 saturated heterocycles. The van der Waals surface area contributed by atoms with Crippen molar-refractivity contribution in [3.63, 3.8) is 0 Å². The lowest BCUT2D eigenvalue weighted by Crippen LogP contribution is -2.35. The standard InChI is InChI=1S/C16H27N3O/c1-19(2)13-7-12-18-16(20)14-17-11-6-10-15-8-4-3-5-9-15/h3-5,8-9,17H,6-7,10-14H2,1-2H3,(H,18,20). The molecule has 4 nitrogen and oxygen atoms in total. The topological polar surface area (TPSA) is 44.4 Å². The summed E-state index contributed by atoms with van der Waals surface area (Å²) in [7, 11) is 4.08. The molecule has 1 aromatic rings. The van der Waals surface area contributed by atoms with Crippen LogP contribution in [0.2, 0.25) is 0 Å². The number of nitrogens with zero attached hydrogens (tertiary/aromatic N) is 1. The van der Waals surface area contributed by atoms with E-state index in [9.17, 15) is 4.79 Å². The van der Waals surface area contributed by atoms with Crippen molar-refractivity contribution >= 4 is 5.91 Å². The van der Waals surface area contributed by atoms with Gasteiger partial charge >= 0.3 is 0 Å². The second kappa shape index (κ2) is 10.4. The average molecular weight is 277 g/mol. The SMILES string of the molecule is CN(C)CCCNC(=O)CNCCCc1ccccc1. The Kier molecular flexibility index (Phi) is 8.67. The molecule has 0 saturated carbocycles. The molecule has 112 valence electrons. The van der Waals surface area contributed by atoms with Gasteiger partial charge in [0.25, 0.3) is 0 Å². The normalized spacial score (nSPS) is 10.8. The minimum atomic E-state index is 0.0865. The van der Waals surface area contributed by atoms with E-state index in [1.807, 2.05) is 20.2 Å². The average Bonchev–Trinajstić information content (AvgIpc) is 2.44. The van der Waals surface area contributed by atoms with Gasteiger partial charge in [0, 0.05) is 6.54 Å². The first-order chi connectivity index (χ1) is 9.68. The Morgan fingerprint density at radius 3 is 2.55 bits per heavy atom. The summed E-state index contributed by atoms with van der Waals surface area (Å²) >= 11 is 0. The van der Waals surface area contributed by atoms with Crippen LogP contribution < -0.4 is 10.6 Å². The molecule has 0 aliphatic carbocycles. The Bertz CT molecular complexity index is 365. The molecule has 20 heavy (non-hydrogen) atoms. The predicted molar refractivity (Wildman–Crippen MR) is 83.8 cm³/mol. The Morgan fingerprint density at radius 2 is 1.85 bits per heavy atom. The van der Waals surface area contributed by atoms with Crippen molar-refractivity contribution in [2.75, 3.05) is 40.3 Å². The first kappa shape index (κ1) is 16.7. The van der Waals surface area contributed by atoms with Crippen LogP contribution in [0.5, 0.6) is 0 Å². The number of carbonyl (C=O) groups is 1. The van der Waals surface area contributed by atoms with Crippen molar-refractivity contribution in [2.45, 2.75) is 19.3 Å². The minimum absolute atomic E-state index is 0.0865. The van der Waals surface area contributed by atoms with Gasteiger partial charge in [-0.2, -0.15) is 0 Å². The van der Waals surface area contributed by atoms with Crippen LogP contribution in [0.15, 0.2) is 30.3 Å². The van der Waals surface area contributed by atoms with Crippen LogP contribution in [0.3, 0.4) is 0 Å². The smallest absolute Gasteiger partial charge is 0.233 e. The largest absolute Gasteiger partial charge is 0.355 e. The van der Waals surface area contributed by atoms with E-state index in [0.29, 0.717) is 6.54 Å². The van der Waals surface area contributed by atoms with E-state index in [1.165, 1.54) is 5.56 Å². The summed E-state index contributed by atoms with van der Waals surface area (Å²) in [6.45, 7) is 3.05. The second-order valence-electron chi connectivity index (χ2n) is 5.27. The van der Waals surface area contributed by atoms with Gasteiger partial charge in [-0.15, -0.1) is 0 Å². The number of aryl methyl sites for hydroxylation is 1. The maximum Gasteiger partial charge on any atom is 0.233 e. The second-order valence-corrected chi connectivity index (χ2v) is 5.27. The highest BCUT2D eigenvalue weighted by molar-refractivity contribution is 5.77. The van der Waals surface area contributed by atoms with E-state index in [0.717, 1.165) is 38.9 Å². The Morgan fingerprint density at radius 1 is 1.10 bits per heavy atom. The molecule has 0 atom stereocenters. The number of carbonyl (C=O) groups excluding carboxylic acids is 1. The highest BCUT2D eigenvalue weighted by Crippen LogP contribution is 2.01. The molecule has 2 N–H and O–H groups in total. The van der Waals surface area contributed by atoms with E-state index in [1.54, 1.807) is 0 Å². The number of benzene rings is 1. The van der Waals surface area contributed by atoms with Gasteiger partial charge in [0.1, 0.15) is 0 Å². The van der Waals surface area contributed by atoms with E-state index in [2.05, 4.69) is 39.8 Å². The summed E-state index contributed by atoms with van der Waals surface area (Å²) in [5, 5.41) is 6.10. The van der Waals surface area contributed by atoms with Crippen LogP contribution in [0.1, 0.15) is 18.4 Å². The van der Waals surface area contributed by atoms with E-state index in [4.69, 9.17) is 0 Å². The molecule has 0 aromatic heterocycles. The van der Waals surface area contributed by atoms with Crippen LogP contribution in [0.4, 0.5) is 0 Å². The van der Waals surface area contributed by atoms with Crippen molar-refractivity contribution < 1.29 is 4.79 Å². The number of nitrogens with one attached hydrogen (secondary N) is 2. The Balaban J connectivity index is 1.94. The Labute approximate surface area is 122 Å². The summed E-state index contributed by atoms with van der Waals surface area (Å²) in [6, 6.07) is 10.4. The van der Waals surface area contributed by atoms with Gasteiger partial charge in [-0.1, -0.05) is 30.3 Å². The van der Waals surface area contributed by atoms with Gasteiger partial charge in [0.05, 0.1) is 6.54 Å². The molecule has 1 rings (SSSR count). The molecular weight excluding hydrogens is 250 g/mol. The fraction of sp³-hybridized carbons (Fsp3) is 0.562. The molecule has 0 radical (unpaired) electrons. The third-order valence-electron chi connectivity index (χ3n) is 3.05.